The van der Waals surface area contributed by atoms with Crippen molar-refractivity contribution >= 4 is 37.7 Å². The molecule has 20 heavy (non-hydrogen) atoms. The van der Waals surface area contributed by atoms with Crippen molar-refractivity contribution in [2.24, 2.45) is 0 Å². The van der Waals surface area contributed by atoms with Gasteiger partial charge in [0.25, 0.3) is 0 Å². The van der Waals surface area contributed by atoms with Crippen LogP contribution in [-0.4, -0.2) is 17.0 Å². The van der Waals surface area contributed by atoms with Crippen LogP contribution >= 0.6 is 31.9 Å². The largest absolute Gasteiger partial charge is 0.437 e. The lowest BCUT2D eigenvalue weighted by Crippen LogP contribution is -1.99. The number of halogens is 2. The van der Waals surface area contributed by atoms with E-state index in [-0.39, 0.29) is 0 Å². The fourth-order valence-electron chi connectivity index (χ4n) is 1.77. The van der Waals surface area contributed by atoms with Gasteiger partial charge >= 0.3 is 0 Å². The Morgan fingerprint density at radius 3 is 2.60 bits per heavy atom. The van der Waals surface area contributed by atoms with Gasteiger partial charge in [-0.1, -0.05) is 29.8 Å². The monoisotopic (exact) mass is 399 g/mol. The smallest absolute Gasteiger partial charge is 0.238 e. The standard InChI is InChI=1S/C14H15Br2N3O/c1-8(2)10-6-9(15)4-5-11(10)20-14-12(16)13(17-3)18-7-19-14/h4-8H,1-3H3,(H,17,18,19). The summed E-state index contributed by atoms with van der Waals surface area (Å²) in [6, 6.07) is 5.95. The molecule has 0 spiro atoms. The molecule has 0 aliphatic heterocycles. The van der Waals surface area contributed by atoms with E-state index >= 15 is 0 Å². The van der Waals surface area contributed by atoms with Crippen LogP contribution in [0.5, 0.6) is 11.6 Å². The van der Waals surface area contributed by atoms with Gasteiger partial charge in [0.05, 0.1) is 0 Å². The Morgan fingerprint density at radius 2 is 1.95 bits per heavy atom. The van der Waals surface area contributed by atoms with Crippen LogP contribution in [0.2, 0.25) is 0 Å². The fourth-order valence-corrected chi connectivity index (χ4v) is 2.63. The molecule has 0 unspecified atom stereocenters. The highest BCUT2D eigenvalue weighted by molar-refractivity contribution is 9.11. The highest BCUT2D eigenvalue weighted by atomic mass is 79.9. The Hall–Kier alpha value is -1.14. The second kappa shape index (κ2) is 6.54. The average molecular weight is 401 g/mol. The molecule has 0 fully saturated rings. The number of nitrogens with zero attached hydrogens (tertiary/aromatic N) is 2. The SMILES string of the molecule is CNc1ncnc(Oc2ccc(Br)cc2C(C)C)c1Br. The van der Waals surface area contributed by atoms with E-state index in [4.69, 9.17) is 4.74 Å². The lowest BCUT2D eigenvalue weighted by molar-refractivity contribution is 0.450. The summed E-state index contributed by atoms with van der Waals surface area (Å²) in [6.45, 7) is 4.26. The highest BCUT2D eigenvalue weighted by Crippen LogP contribution is 2.36. The first-order valence-corrected chi connectivity index (χ1v) is 7.77. The van der Waals surface area contributed by atoms with Crippen molar-refractivity contribution in [3.8, 4) is 11.6 Å². The molecule has 0 amide bonds. The van der Waals surface area contributed by atoms with Gasteiger partial charge in [0.15, 0.2) is 0 Å². The van der Waals surface area contributed by atoms with Crippen LogP contribution in [0.25, 0.3) is 0 Å². The zero-order chi connectivity index (χ0) is 14.7. The summed E-state index contributed by atoms with van der Waals surface area (Å²) < 4.78 is 7.68. The van der Waals surface area contributed by atoms with Gasteiger partial charge in [-0.05, 0) is 45.6 Å². The van der Waals surface area contributed by atoms with Gasteiger partial charge < -0.3 is 10.1 Å². The Morgan fingerprint density at radius 1 is 1.20 bits per heavy atom. The number of rotatable bonds is 4. The van der Waals surface area contributed by atoms with Crippen LogP contribution in [0.1, 0.15) is 25.3 Å². The summed E-state index contributed by atoms with van der Waals surface area (Å²) in [5, 5.41) is 2.98. The predicted octanol–water partition coefficient (Wildman–Crippen LogP) is 4.96. The molecule has 4 nitrogen and oxygen atoms in total. The van der Waals surface area contributed by atoms with Crippen molar-refractivity contribution in [3.05, 3.63) is 39.0 Å². The number of ether oxygens (including phenoxy) is 1. The topological polar surface area (TPSA) is 47.0 Å². The second-order valence-corrected chi connectivity index (χ2v) is 6.24. The minimum atomic E-state index is 0.354. The van der Waals surface area contributed by atoms with Crippen LogP contribution < -0.4 is 10.1 Å². The zero-order valence-corrected chi connectivity index (χ0v) is 14.6. The van der Waals surface area contributed by atoms with E-state index in [1.165, 1.54) is 6.33 Å². The fraction of sp³-hybridized carbons (Fsp3) is 0.286. The van der Waals surface area contributed by atoms with E-state index in [2.05, 4.69) is 67.1 Å². The summed E-state index contributed by atoms with van der Waals surface area (Å²) in [4.78, 5) is 8.29. The number of nitrogens with one attached hydrogen (secondary N) is 1. The van der Waals surface area contributed by atoms with Crippen LogP contribution in [0.4, 0.5) is 5.82 Å². The summed E-state index contributed by atoms with van der Waals surface area (Å²) in [7, 11) is 1.80. The summed E-state index contributed by atoms with van der Waals surface area (Å²) in [6.07, 6.45) is 1.47. The molecule has 0 aliphatic rings. The summed E-state index contributed by atoms with van der Waals surface area (Å²) in [5.41, 5.74) is 1.12. The first-order valence-electron chi connectivity index (χ1n) is 6.18. The normalized spacial score (nSPS) is 10.7. The number of benzene rings is 1. The van der Waals surface area contributed by atoms with Gasteiger partial charge in [0.1, 0.15) is 22.4 Å². The maximum atomic E-state index is 5.94. The zero-order valence-electron chi connectivity index (χ0n) is 11.4. The minimum absolute atomic E-state index is 0.354. The highest BCUT2D eigenvalue weighted by Gasteiger charge is 2.14. The van der Waals surface area contributed by atoms with Crippen LogP contribution in [0.15, 0.2) is 33.5 Å². The van der Waals surface area contributed by atoms with Gasteiger partial charge in [-0.3, -0.25) is 0 Å². The first kappa shape index (κ1) is 15.3. The molecule has 1 aromatic heterocycles. The summed E-state index contributed by atoms with van der Waals surface area (Å²) in [5.74, 6) is 2.34. The maximum absolute atomic E-state index is 5.94. The third-order valence-electron chi connectivity index (χ3n) is 2.79. The molecule has 106 valence electrons. The van der Waals surface area contributed by atoms with Gasteiger partial charge in [0, 0.05) is 11.5 Å². The van der Waals surface area contributed by atoms with Crippen molar-refractivity contribution in [1.82, 2.24) is 9.97 Å². The van der Waals surface area contributed by atoms with Gasteiger partial charge in [-0.15, -0.1) is 0 Å². The van der Waals surface area contributed by atoms with Crippen molar-refractivity contribution in [1.29, 1.82) is 0 Å². The number of anilines is 1. The molecule has 0 bridgehead atoms. The molecule has 1 N–H and O–H groups in total. The van der Waals surface area contributed by atoms with Crippen LogP contribution in [0, 0.1) is 0 Å². The van der Waals surface area contributed by atoms with E-state index in [0.717, 1.165) is 15.8 Å². The van der Waals surface area contributed by atoms with Gasteiger partial charge in [-0.25, -0.2) is 9.97 Å². The second-order valence-electron chi connectivity index (χ2n) is 4.53. The molecule has 0 saturated carbocycles. The predicted molar refractivity (Wildman–Crippen MR) is 87.6 cm³/mol. The molecular formula is C14H15Br2N3O. The van der Waals surface area contributed by atoms with Crippen LogP contribution in [0.3, 0.4) is 0 Å². The quantitative estimate of drug-likeness (QED) is 0.787. The van der Waals surface area contributed by atoms with E-state index in [1.54, 1.807) is 7.05 Å². The van der Waals surface area contributed by atoms with Crippen LogP contribution in [-0.2, 0) is 0 Å². The van der Waals surface area contributed by atoms with E-state index in [1.807, 2.05) is 12.1 Å². The summed E-state index contributed by atoms with van der Waals surface area (Å²) >= 11 is 6.94. The average Bonchev–Trinajstić information content (AvgIpc) is 2.42. The molecule has 0 saturated heterocycles. The lowest BCUT2D eigenvalue weighted by Gasteiger charge is -2.15. The molecule has 1 aromatic carbocycles. The Bertz CT molecular complexity index is 617. The molecule has 0 aliphatic carbocycles. The molecule has 1 heterocycles. The lowest BCUT2D eigenvalue weighted by atomic mass is 10.0. The molecule has 6 heteroatoms. The third kappa shape index (κ3) is 3.30. The maximum Gasteiger partial charge on any atom is 0.238 e. The number of hydrogen-bond acceptors (Lipinski definition) is 4. The van der Waals surface area contributed by atoms with E-state index in [0.29, 0.717) is 22.1 Å². The van der Waals surface area contributed by atoms with Crippen molar-refractivity contribution in [2.45, 2.75) is 19.8 Å². The Labute approximate surface area is 135 Å². The molecule has 0 atom stereocenters. The molecule has 0 radical (unpaired) electrons. The van der Waals surface area contributed by atoms with E-state index < -0.39 is 0 Å². The molecule has 2 aromatic rings. The molecular weight excluding hydrogens is 386 g/mol. The minimum Gasteiger partial charge on any atom is -0.437 e. The number of aromatic nitrogens is 2. The number of hydrogen-bond donors (Lipinski definition) is 1. The van der Waals surface area contributed by atoms with Gasteiger partial charge in [-0.2, -0.15) is 0 Å². The first-order chi connectivity index (χ1) is 9.52. The van der Waals surface area contributed by atoms with Crippen molar-refractivity contribution < 1.29 is 4.74 Å². The molecule has 2 rings (SSSR count). The van der Waals surface area contributed by atoms with Crippen molar-refractivity contribution in [2.75, 3.05) is 12.4 Å². The Balaban J connectivity index is 2.40. The van der Waals surface area contributed by atoms with Gasteiger partial charge in [0.2, 0.25) is 5.88 Å². The Kier molecular flexibility index (Phi) is 4.99. The van der Waals surface area contributed by atoms with E-state index in [9.17, 15) is 0 Å². The van der Waals surface area contributed by atoms with Crippen molar-refractivity contribution in [3.63, 3.8) is 0 Å². The third-order valence-corrected chi connectivity index (χ3v) is 4.00.